The maximum absolute atomic E-state index is 14.0. The SMILES string of the molecule is Fc1ccccc1CC1=NCc2cncn2-c2ccc(Cl)cc21. The van der Waals surface area contributed by atoms with Gasteiger partial charge in [-0.15, -0.1) is 0 Å². The van der Waals surface area contributed by atoms with Gasteiger partial charge in [0.2, 0.25) is 0 Å². The van der Waals surface area contributed by atoms with Crippen LogP contribution in [0.4, 0.5) is 4.39 Å². The van der Waals surface area contributed by atoms with Crippen molar-refractivity contribution in [2.24, 2.45) is 4.99 Å². The molecule has 4 rings (SSSR count). The largest absolute Gasteiger partial charge is 0.301 e. The quantitative estimate of drug-likeness (QED) is 0.694. The minimum atomic E-state index is -0.218. The fourth-order valence-electron chi connectivity index (χ4n) is 2.84. The molecular weight excluding hydrogens is 313 g/mol. The van der Waals surface area contributed by atoms with Gasteiger partial charge in [-0.25, -0.2) is 9.37 Å². The Hall–Kier alpha value is -2.46. The van der Waals surface area contributed by atoms with Gasteiger partial charge in [-0.1, -0.05) is 29.8 Å². The number of fused-ring (bicyclic) bond motifs is 3. The van der Waals surface area contributed by atoms with Gasteiger partial charge in [0.1, 0.15) is 5.82 Å². The van der Waals surface area contributed by atoms with E-state index in [-0.39, 0.29) is 5.82 Å². The van der Waals surface area contributed by atoms with Crippen LogP contribution in [0, 0.1) is 5.82 Å². The predicted octanol–water partition coefficient (Wildman–Crippen LogP) is 4.21. The van der Waals surface area contributed by atoms with Crippen LogP contribution in [0.3, 0.4) is 0 Å². The van der Waals surface area contributed by atoms with Crippen molar-refractivity contribution >= 4 is 17.3 Å². The smallest absolute Gasteiger partial charge is 0.126 e. The van der Waals surface area contributed by atoms with E-state index in [1.54, 1.807) is 24.7 Å². The lowest BCUT2D eigenvalue weighted by Crippen LogP contribution is -2.09. The maximum atomic E-state index is 14.0. The Balaban J connectivity index is 1.84. The first-order valence-corrected chi connectivity index (χ1v) is 7.68. The predicted molar refractivity (Wildman–Crippen MR) is 88.9 cm³/mol. The molecule has 114 valence electrons. The third-order valence-electron chi connectivity index (χ3n) is 3.99. The van der Waals surface area contributed by atoms with Crippen molar-refractivity contribution in [1.82, 2.24) is 9.55 Å². The highest BCUT2D eigenvalue weighted by molar-refractivity contribution is 6.31. The van der Waals surface area contributed by atoms with E-state index in [0.29, 0.717) is 23.6 Å². The zero-order valence-corrected chi connectivity index (χ0v) is 13.0. The molecule has 0 saturated carbocycles. The molecule has 1 aliphatic rings. The zero-order chi connectivity index (χ0) is 15.8. The third kappa shape index (κ3) is 2.55. The molecule has 0 aliphatic carbocycles. The molecule has 0 fully saturated rings. The monoisotopic (exact) mass is 325 g/mol. The first-order chi connectivity index (χ1) is 11.2. The molecule has 0 saturated heterocycles. The van der Waals surface area contributed by atoms with Crippen molar-refractivity contribution in [2.75, 3.05) is 0 Å². The minimum absolute atomic E-state index is 0.218. The summed E-state index contributed by atoms with van der Waals surface area (Å²) in [5, 5.41) is 0.633. The standard InChI is InChI=1S/C18H13ClFN3/c19-13-5-6-18-15(8-13)17(7-12-3-1-2-4-16(12)20)22-10-14-9-21-11-23(14)18/h1-6,8-9,11H,7,10H2. The number of nitrogens with zero attached hydrogens (tertiary/aromatic N) is 3. The molecule has 0 amide bonds. The van der Waals surface area contributed by atoms with E-state index in [1.807, 2.05) is 28.8 Å². The second-order valence-corrected chi connectivity index (χ2v) is 5.88. The molecule has 3 nitrogen and oxygen atoms in total. The number of aliphatic imine (C=N–C) groups is 1. The van der Waals surface area contributed by atoms with Crippen LogP contribution in [0.1, 0.15) is 16.8 Å². The van der Waals surface area contributed by atoms with Crippen LogP contribution >= 0.6 is 11.6 Å². The van der Waals surface area contributed by atoms with E-state index >= 15 is 0 Å². The Morgan fingerprint density at radius 3 is 2.91 bits per heavy atom. The van der Waals surface area contributed by atoms with E-state index in [1.165, 1.54) is 6.07 Å². The number of halogens is 2. The Kier molecular flexibility index (Phi) is 3.46. The second-order valence-electron chi connectivity index (χ2n) is 5.45. The fourth-order valence-corrected chi connectivity index (χ4v) is 3.01. The lowest BCUT2D eigenvalue weighted by Gasteiger charge is -2.12. The Morgan fingerprint density at radius 1 is 1.17 bits per heavy atom. The van der Waals surface area contributed by atoms with Crippen molar-refractivity contribution in [3.05, 3.63) is 82.6 Å². The average Bonchev–Trinajstić information content (AvgIpc) is 2.96. The van der Waals surface area contributed by atoms with Crippen molar-refractivity contribution in [2.45, 2.75) is 13.0 Å². The van der Waals surface area contributed by atoms with Gasteiger partial charge in [0, 0.05) is 22.7 Å². The molecule has 5 heteroatoms. The molecule has 23 heavy (non-hydrogen) atoms. The normalized spacial score (nSPS) is 13.0. The minimum Gasteiger partial charge on any atom is -0.301 e. The number of hydrogen-bond acceptors (Lipinski definition) is 2. The molecule has 0 unspecified atom stereocenters. The van der Waals surface area contributed by atoms with E-state index in [4.69, 9.17) is 11.6 Å². The van der Waals surface area contributed by atoms with Gasteiger partial charge >= 0.3 is 0 Å². The highest BCUT2D eigenvalue weighted by atomic mass is 35.5. The average molecular weight is 326 g/mol. The summed E-state index contributed by atoms with van der Waals surface area (Å²) < 4.78 is 16.0. The molecular formula is C18H13ClFN3. The van der Waals surface area contributed by atoms with Gasteiger partial charge in [-0.2, -0.15) is 0 Å². The molecule has 2 aromatic carbocycles. The van der Waals surface area contributed by atoms with Crippen LogP contribution < -0.4 is 0 Å². The molecule has 1 aliphatic heterocycles. The van der Waals surface area contributed by atoms with Crippen LogP contribution in [-0.4, -0.2) is 15.3 Å². The molecule has 2 heterocycles. The highest BCUT2D eigenvalue weighted by Gasteiger charge is 2.19. The molecule has 0 spiro atoms. The number of imidazole rings is 1. The lowest BCUT2D eigenvalue weighted by molar-refractivity contribution is 0.616. The summed E-state index contributed by atoms with van der Waals surface area (Å²) in [5.74, 6) is -0.218. The summed E-state index contributed by atoms with van der Waals surface area (Å²) >= 11 is 6.18. The van der Waals surface area contributed by atoms with E-state index in [2.05, 4.69) is 9.98 Å². The van der Waals surface area contributed by atoms with Gasteiger partial charge in [0.05, 0.1) is 30.5 Å². The fraction of sp³-hybridized carbons (Fsp3) is 0.111. The Bertz CT molecular complexity index is 914. The van der Waals surface area contributed by atoms with Gasteiger partial charge in [0.25, 0.3) is 0 Å². The zero-order valence-electron chi connectivity index (χ0n) is 12.2. The number of aromatic nitrogens is 2. The first kappa shape index (κ1) is 14.2. The Morgan fingerprint density at radius 2 is 2.04 bits per heavy atom. The van der Waals surface area contributed by atoms with Crippen molar-refractivity contribution in [1.29, 1.82) is 0 Å². The van der Waals surface area contributed by atoms with Crippen LogP contribution in [0.5, 0.6) is 0 Å². The third-order valence-corrected chi connectivity index (χ3v) is 4.23. The Labute approximate surface area is 138 Å². The lowest BCUT2D eigenvalue weighted by atomic mass is 10.00. The van der Waals surface area contributed by atoms with Crippen LogP contribution in [0.25, 0.3) is 5.69 Å². The summed E-state index contributed by atoms with van der Waals surface area (Å²) in [6, 6.07) is 12.5. The van der Waals surface area contributed by atoms with E-state index in [9.17, 15) is 4.39 Å². The van der Waals surface area contributed by atoms with Gasteiger partial charge < -0.3 is 4.57 Å². The van der Waals surface area contributed by atoms with Gasteiger partial charge in [-0.3, -0.25) is 4.99 Å². The second kappa shape index (κ2) is 5.63. The summed E-state index contributed by atoms with van der Waals surface area (Å²) in [6.45, 7) is 0.510. The van der Waals surface area contributed by atoms with Crippen LogP contribution in [-0.2, 0) is 13.0 Å². The molecule has 0 N–H and O–H groups in total. The topological polar surface area (TPSA) is 30.2 Å². The van der Waals surface area contributed by atoms with Gasteiger partial charge in [0.15, 0.2) is 0 Å². The number of hydrogen-bond donors (Lipinski definition) is 0. The van der Waals surface area contributed by atoms with Crippen molar-refractivity contribution in [3.8, 4) is 5.69 Å². The van der Waals surface area contributed by atoms with E-state index < -0.39 is 0 Å². The van der Waals surface area contributed by atoms with Crippen LogP contribution in [0.15, 0.2) is 60.0 Å². The number of benzene rings is 2. The first-order valence-electron chi connectivity index (χ1n) is 7.30. The molecule has 0 radical (unpaired) electrons. The molecule has 0 bridgehead atoms. The summed E-state index contributed by atoms with van der Waals surface area (Å²) in [5.41, 5.74) is 4.34. The maximum Gasteiger partial charge on any atom is 0.126 e. The summed E-state index contributed by atoms with van der Waals surface area (Å²) in [6.07, 6.45) is 4.00. The van der Waals surface area contributed by atoms with E-state index in [0.717, 1.165) is 22.7 Å². The number of rotatable bonds is 2. The van der Waals surface area contributed by atoms with Gasteiger partial charge in [-0.05, 0) is 29.8 Å². The summed E-state index contributed by atoms with van der Waals surface area (Å²) in [7, 11) is 0. The molecule has 3 aromatic rings. The van der Waals surface area contributed by atoms with Crippen molar-refractivity contribution in [3.63, 3.8) is 0 Å². The highest BCUT2D eigenvalue weighted by Crippen LogP contribution is 2.26. The van der Waals surface area contributed by atoms with Crippen LogP contribution in [0.2, 0.25) is 5.02 Å². The van der Waals surface area contributed by atoms with Crippen molar-refractivity contribution < 1.29 is 4.39 Å². The summed E-state index contributed by atoms with van der Waals surface area (Å²) in [4.78, 5) is 8.88. The molecule has 0 atom stereocenters. The molecule has 1 aromatic heterocycles.